The molecular formula is C19H33IN6. The number of guanidine groups is 1. The number of aliphatic imine (C=N–C) groups is 1. The zero-order valence-corrected chi connectivity index (χ0v) is 18.6. The maximum absolute atomic E-state index is 4.72. The minimum Gasteiger partial charge on any atom is -0.363 e. The van der Waals surface area contributed by atoms with Gasteiger partial charge in [-0.1, -0.05) is 12.1 Å². The van der Waals surface area contributed by atoms with Crippen molar-refractivity contribution in [3.05, 3.63) is 36.5 Å². The molecule has 146 valence electrons. The number of aromatic nitrogens is 1. The van der Waals surface area contributed by atoms with Crippen LogP contribution in [-0.2, 0) is 6.54 Å². The number of hydrogen-bond donors (Lipinski definition) is 2. The van der Waals surface area contributed by atoms with Crippen LogP contribution in [-0.4, -0.2) is 62.2 Å². The molecule has 2 rings (SSSR count). The zero-order chi connectivity index (χ0) is 18.1. The SMILES string of the molecule is C=CCN1CCC(NC(=NCc2cccc(N(C)C)n2)NCC)CC1.I. The number of nitrogens with zero attached hydrogens (tertiary/aromatic N) is 4. The van der Waals surface area contributed by atoms with Crippen molar-refractivity contribution in [3.8, 4) is 0 Å². The molecule has 0 aromatic carbocycles. The molecule has 0 spiro atoms. The van der Waals surface area contributed by atoms with Gasteiger partial charge < -0.3 is 15.5 Å². The Kier molecular flexibility index (Phi) is 10.6. The van der Waals surface area contributed by atoms with Crippen LogP contribution >= 0.6 is 24.0 Å². The van der Waals surface area contributed by atoms with Gasteiger partial charge in [-0.25, -0.2) is 9.98 Å². The normalized spacial score (nSPS) is 15.9. The summed E-state index contributed by atoms with van der Waals surface area (Å²) in [5.41, 5.74) is 0.976. The smallest absolute Gasteiger partial charge is 0.191 e. The molecule has 6 nitrogen and oxygen atoms in total. The van der Waals surface area contributed by atoms with Crippen molar-refractivity contribution >= 4 is 35.8 Å². The molecule has 0 aliphatic carbocycles. The molecule has 2 heterocycles. The van der Waals surface area contributed by atoms with Crippen LogP contribution in [0.2, 0.25) is 0 Å². The summed E-state index contributed by atoms with van der Waals surface area (Å²) in [6.07, 6.45) is 4.24. The fourth-order valence-electron chi connectivity index (χ4n) is 2.92. The van der Waals surface area contributed by atoms with Crippen molar-refractivity contribution in [2.75, 3.05) is 45.2 Å². The lowest BCUT2D eigenvalue weighted by Gasteiger charge is -2.32. The van der Waals surface area contributed by atoms with E-state index < -0.39 is 0 Å². The molecule has 1 fully saturated rings. The number of nitrogens with one attached hydrogen (secondary N) is 2. The second-order valence-corrected chi connectivity index (χ2v) is 6.58. The summed E-state index contributed by atoms with van der Waals surface area (Å²) in [5, 5.41) is 6.92. The number of hydrogen-bond acceptors (Lipinski definition) is 4. The summed E-state index contributed by atoms with van der Waals surface area (Å²) >= 11 is 0. The van der Waals surface area contributed by atoms with Gasteiger partial charge in [-0.3, -0.25) is 4.90 Å². The first-order valence-electron chi connectivity index (χ1n) is 9.13. The minimum atomic E-state index is 0. The maximum Gasteiger partial charge on any atom is 0.191 e. The van der Waals surface area contributed by atoms with Gasteiger partial charge in [-0.15, -0.1) is 30.6 Å². The molecular weight excluding hydrogens is 439 g/mol. The van der Waals surface area contributed by atoms with Gasteiger partial charge in [-0.05, 0) is 31.9 Å². The molecule has 7 heteroatoms. The van der Waals surface area contributed by atoms with Gasteiger partial charge >= 0.3 is 0 Å². The van der Waals surface area contributed by atoms with Gasteiger partial charge in [0.1, 0.15) is 5.82 Å². The van der Waals surface area contributed by atoms with Crippen molar-refractivity contribution in [1.82, 2.24) is 20.5 Å². The molecule has 0 atom stereocenters. The van der Waals surface area contributed by atoms with Crippen LogP contribution < -0.4 is 15.5 Å². The molecule has 1 aromatic rings. The average Bonchev–Trinajstić information content (AvgIpc) is 2.62. The summed E-state index contributed by atoms with van der Waals surface area (Å²) in [5.74, 6) is 1.84. The van der Waals surface area contributed by atoms with Crippen LogP contribution in [0, 0.1) is 0 Å². The number of anilines is 1. The van der Waals surface area contributed by atoms with Crippen LogP contribution in [0.5, 0.6) is 0 Å². The highest BCUT2D eigenvalue weighted by Crippen LogP contribution is 2.11. The summed E-state index contributed by atoms with van der Waals surface area (Å²) in [7, 11) is 4.00. The summed E-state index contributed by atoms with van der Waals surface area (Å²) in [4.78, 5) is 13.8. The Hall–Kier alpha value is -1.35. The lowest BCUT2D eigenvalue weighted by molar-refractivity contribution is 0.225. The maximum atomic E-state index is 4.72. The second kappa shape index (κ2) is 12.1. The van der Waals surface area contributed by atoms with E-state index in [0.29, 0.717) is 12.6 Å². The first-order chi connectivity index (χ1) is 12.1. The molecule has 1 aromatic heterocycles. The monoisotopic (exact) mass is 472 g/mol. The topological polar surface area (TPSA) is 55.8 Å². The van der Waals surface area contributed by atoms with Gasteiger partial charge in [0.25, 0.3) is 0 Å². The predicted molar refractivity (Wildman–Crippen MR) is 122 cm³/mol. The fraction of sp³-hybridized carbons (Fsp3) is 0.579. The zero-order valence-electron chi connectivity index (χ0n) is 16.2. The molecule has 0 saturated carbocycles. The van der Waals surface area contributed by atoms with Crippen LogP contribution in [0.1, 0.15) is 25.5 Å². The Morgan fingerprint density at radius 2 is 2.12 bits per heavy atom. The largest absolute Gasteiger partial charge is 0.363 e. The quantitative estimate of drug-likeness (QED) is 0.277. The summed E-state index contributed by atoms with van der Waals surface area (Å²) in [6.45, 7) is 10.5. The Morgan fingerprint density at radius 3 is 2.73 bits per heavy atom. The molecule has 1 aliphatic heterocycles. The number of rotatable bonds is 7. The third-order valence-corrected chi connectivity index (χ3v) is 4.31. The van der Waals surface area contributed by atoms with E-state index in [-0.39, 0.29) is 24.0 Å². The minimum absolute atomic E-state index is 0. The van der Waals surface area contributed by atoms with Crippen molar-refractivity contribution in [2.45, 2.75) is 32.4 Å². The van der Waals surface area contributed by atoms with Gasteiger partial charge in [0.2, 0.25) is 0 Å². The summed E-state index contributed by atoms with van der Waals surface area (Å²) in [6, 6.07) is 6.53. The van der Waals surface area contributed by atoms with E-state index in [1.807, 2.05) is 43.3 Å². The van der Waals surface area contributed by atoms with Crippen LogP contribution in [0.3, 0.4) is 0 Å². The van der Waals surface area contributed by atoms with Gasteiger partial charge in [-0.2, -0.15) is 0 Å². The fourth-order valence-corrected chi connectivity index (χ4v) is 2.92. The van der Waals surface area contributed by atoms with Crippen molar-refractivity contribution in [2.24, 2.45) is 4.99 Å². The molecule has 0 bridgehead atoms. The standard InChI is InChI=1S/C19H32N6.HI/c1-5-12-25-13-10-16(11-14-25)23-19(20-6-2)21-15-17-8-7-9-18(22-17)24(3)4;/h5,7-9,16H,1,6,10-15H2,2-4H3,(H2,20,21,23);1H. The Morgan fingerprint density at radius 1 is 1.38 bits per heavy atom. The van der Waals surface area contributed by atoms with E-state index in [1.165, 1.54) is 0 Å². The van der Waals surface area contributed by atoms with E-state index in [0.717, 1.165) is 56.5 Å². The average molecular weight is 472 g/mol. The molecule has 1 saturated heterocycles. The van der Waals surface area contributed by atoms with Gasteiger partial charge in [0.05, 0.1) is 12.2 Å². The number of pyridine rings is 1. The van der Waals surface area contributed by atoms with Crippen molar-refractivity contribution in [3.63, 3.8) is 0 Å². The van der Waals surface area contributed by atoms with Gasteiger partial charge in [0, 0.05) is 46.3 Å². The van der Waals surface area contributed by atoms with Gasteiger partial charge in [0.15, 0.2) is 5.96 Å². The highest BCUT2D eigenvalue weighted by molar-refractivity contribution is 14.0. The number of piperidine rings is 1. The van der Waals surface area contributed by atoms with Crippen LogP contribution in [0.25, 0.3) is 0 Å². The number of likely N-dealkylation sites (tertiary alicyclic amines) is 1. The van der Waals surface area contributed by atoms with Crippen LogP contribution in [0.15, 0.2) is 35.8 Å². The Labute approximate surface area is 175 Å². The molecule has 26 heavy (non-hydrogen) atoms. The van der Waals surface area contributed by atoms with E-state index in [9.17, 15) is 0 Å². The highest BCUT2D eigenvalue weighted by Gasteiger charge is 2.19. The Balaban J connectivity index is 0.00000338. The summed E-state index contributed by atoms with van der Waals surface area (Å²) < 4.78 is 0. The molecule has 0 unspecified atom stereocenters. The predicted octanol–water partition coefficient (Wildman–Crippen LogP) is 2.47. The van der Waals surface area contributed by atoms with E-state index in [4.69, 9.17) is 4.99 Å². The first kappa shape index (κ1) is 22.7. The lowest BCUT2D eigenvalue weighted by Crippen LogP contribution is -2.48. The highest BCUT2D eigenvalue weighted by atomic mass is 127. The molecule has 0 radical (unpaired) electrons. The van der Waals surface area contributed by atoms with Crippen molar-refractivity contribution in [1.29, 1.82) is 0 Å². The Bertz CT molecular complexity index is 567. The van der Waals surface area contributed by atoms with Crippen LogP contribution in [0.4, 0.5) is 5.82 Å². The van der Waals surface area contributed by atoms with E-state index >= 15 is 0 Å². The third-order valence-electron chi connectivity index (χ3n) is 4.31. The first-order valence-corrected chi connectivity index (χ1v) is 9.13. The molecule has 0 amide bonds. The van der Waals surface area contributed by atoms with E-state index in [2.05, 4.69) is 34.0 Å². The second-order valence-electron chi connectivity index (χ2n) is 6.58. The lowest BCUT2D eigenvalue weighted by atomic mass is 10.1. The molecule has 2 N–H and O–H groups in total. The van der Waals surface area contributed by atoms with Crippen molar-refractivity contribution < 1.29 is 0 Å². The third kappa shape index (κ3) is 7.49. The van der Waals surface area contributed by atoms with E-state index in [1.54, 1.807) is 0 Å². The number of halogens is 1. The molecule has 1 aliphatic rings.